The van der Waals surface area contributed by atoms with Gasteiger partial charge in [-0.1, -0.05) is 13.3 Å². The van der Waals surface area contributed by atoms with E-state index >= 15 is 0 Å². The van der Waals surface area contributed by atoms with Crippen LogP contribution >= 0.6 is 0 Å². The summed E-state index contributed by atoms with van der Waals surface area (Å²) in [6.07, 6.45) is 11.3. The number of hydrogen-bond acceptors (Lipinski definition) is 6. The molecule has 6 nitrogen and oxygen atoms in total. The second-order valence-corrected chi connectivity index (χ2v) is 8.63. The molecule has 0 saturated heterocycles. The number of carbonyl (C=O) groups is 2. The van der Waals surface area contributed by atoms with Crippen molar-refractivity contribution in [3.8, 4) is 11.8 Å². The first-order valence-corrected chi connectivity index (χ1v) is 11.2. The van der Waals surface area contributed by atoms with E-state index in [0.717, 1.165) is 63.7 Å². The highest BCUT2D eigenvalue weighted by atomic mass is 16.5. The lowest BCUT2D eigenvalue weighted by Gasteiger charge is -2.37. The molecule has 29 heavy (non-hydrogen) atoms. The largest absolute Gasteiger partial charge is 0.480 e. The molecule has 0 N–H and O–H groups in total. The Morgan fingerprint density at radius 2 is 1.45 bits per heavy atom. The molecule has 2 fully saturated rings. The average molecular weight is 403 g/mol. The summed E-state index contributed by atoms with van der Waals surface area (Å²) in [7, 11) is 1.52. The Bertz CT molecular complexity index is 660. The lowest BCUT2D eigenvalue weighted by atomic mass is 9.68. The lowest BCUT2D eigenvalue weighted by Crippen LogP contribution is -2.31. The Balaban J connectivity index is 1.40. The molecule has 1 aromatic rings. The first-order chi connectivity index (χ1) is 14.1. The first kappa shape index (κ1) is 21.7. The van der Waals surface area contributed by atoms with Crippen LogP contribution in [0.1, 0.15) is 77.6 Å². The number of methoxy groups -OCH3 is 1. The summed E-state index contributed by atoms with van der Waals surface area (Å²) >= 11 is 0. The molecule has 6 heteroatoms. The smallest absolute Gasteiger partial charge is 0.315 e. The number of carbonyl (C=O) groups excluding carboxylic acids is 2. The van der Waals surface area contributed by atoms with Crippen LogP contribution in [0.5, 0.6) is 11.8 Å². The van der Waals surface area contributed by atoms with Crippen LogP contribution in [0.25, 0.3) is 0 Å². The van der Waals surface area contributed by atoms with E-state index in [1.165, 1.54) is 20.0 Å². The Kier molecular flexibility index (Phi) is 8.01. The van der Waals surface area contributed by atoms with Crippen molar-refractivity contribution in [2.75, 3.05) is 7.11 Å². The third kappa shape index (κ3) is 6.00. The number of aromatic nitrogens is 2. The maximum atomic E-state index is 12.5. The lowest BCUT2D eigenvalue weighted by molar-refractivity contribution is -0.141. The van der Waals surface area contributed by atoms with Gasteiger partial charge < -0.3 is 9.47 Å². The van der Waals surface area contributed by atoms with Crippen LogP contribution in [0.2, 0.25) is 0 Å². The second-order valence-electron chi connectivity index (χ2n) is 8.63. The number of rotatable bonds is 8. The molecule has 0 amide bonds. The zero-order valence-electron chi connectivity index (χ0n) is 17.8. The topological polar surface area (TPSA) is 78.4 Å². The van der Waals surface area contributed by atoms with Crippen LogP contribution < -0.4 is 9.47 Å². The molecule has 1 aromatic heterocycles. The molecule has 2 aliphatic rings. The molecule has 0 unspecified atom stereocenters. The maximum Gasteiger partial charge on any atom is 0.315 e. The summed E-state index contributed by atoms with van der Waals surface area (Å²) in [5.74, 6) is 2.56. The van der Waals surface area contributed by atoms with Gasteiger partial charge in [-0.3, -0.25) is 9.59 Å². The van der Waals surface area contributed by atoms with E-state index in [9.17, 15) is 9.59 Å². The van der Waals surface area contributed by atoms with Crippen LogP contribution in [-0.4, -0.2) is 29.1 Å². The van der Waals surface area contributed by atoms with Gasteiger partial charge in [0.05, 0.1) is 13.0 Å². The minimum atomic E-state index is -0.201. The van der Waals surface area contributed by atoms with Crippen molar-refractivity contribution in [1.82, 2.24) is 10.2 Å². The van der Waals surface area contributed by atoms with Crippen molar-refractivity contribution in [2.24, 2.45) is 23.7 Å². The molecule has 2 aliphatic carbocycles. The first-order valence-electron chi connectivity index (χ1n) is 11.2. The Morgan fingerprint density at radius 3 is 1.97 bits per heavy atom. The zero-order chi connectivity index (χ0) is 20.6. The summed E-state index contributed by atoms with van der Waals surface area (Å²) in [4.78, 5) is 24.7. The minimum Gasteiger partial charge on any atom is -0.480 e. The Labute approximate surface area is 173 Å². The normalized spacial score (nSPS) is 27.2. The molecule has 2 saturated carbocycles. The van der Waals surface area contributed by atoms with Gasteiger partial charge in [0.15, 0.2) is 0 Å². The van der Waals surface area contributed by atoms with Crippen molar-refractivity contribution in [2.45, 2.75) is 77.6 Å². The van der Waals surface area contributed by atoms with Crippen molar-refractivity contribution in [3.63, 3.8) is 0 Å². The zero-order valence-corrected chi connectivity index (χ0v) is 17.8. The van der Waals surface area contributed by atoms with Gasteiger partial charge in [0.2, 0.25) is 11.8 Å². The Hall–Kier alpha value is -1.98. The van der Waals surface area contributed by atoms with E-state index in [2.05, 4.69) is 17.1 Å². The fourth-order valence-electron chi connectivity index (χ4n) is 4.95. The number of ketones is 1. The third-order valence-corrected chi connectivity index (χ3v) is 6.81. The Morgan fingerprint density at radius 1 is 0.897 bits per heavy atom. The molecule has 0 radical (unpaired) electrons. The van der Waals surface area contributed by atoms with Gasteiger partial charge in [-0.2, -0.15) is 0 Å². The van der Waals surface area contributed by atoms with Crippen LogP contribution in [0.3, 0.4) is 0 Å². The molecule has 3 rings (SSSR count). The van der Waals surface area contributed by atoms with E-state index in [4.69, 9.17) is 9.47 Å². The van der Waals surface area contributed by atoms with E-state index in [0.29, 0.717) is 23.5 Å². The predicted molar refractivity (Wildman–Crippen MR) is 110 cm³/mol. The number of ether oxygens (including phenoxy) is 2. The summed E-state index contributed by atoms with van der Waals surface area (Å²) in [5, 5.41) is 7.70. The van der Waals surface area contributed by atoms with Crippen molar-refractivity contribution < 1.29 is 19.1 Å². The number of unbranched alkanes of at least 4 members (excludes halogenated alkanes) is 1. The SMILES string of the molecule is CCCCC(=O)C1CCC(C2CCC(C(=O)Oc3ccc(OC)nn3)CC2)CC1. The van der Waals surface area contributed by atoms with E-state index < -0.39 is 0 Å². The summed E-state index contributed by atoms with van der Waals surface area (Å²) in [5.41, 5.74) is 0. The van der Waals surface area contributed by atoms with Gasteiger partial charge in [0.25, 0.3) is 0 Å². The van der Waals surface area contributed by atoms with E-state index in [-0.39, 0.29) is 17.8 Å². The van der Waals surface area contributed by atoms with Gasteiger partial charge >= 0.3 is 5.97 Å². The van der Waals surface area contributed by atoms with Crippen molar-refractivity contribution in [3.05, 3.63) is 12.1 Å². The average Bonchev–Trinajstić information content (AvgIpc) is 2.78. The fraction of sp³-hybridized carbons (Fsp3) is 0.739. The van der Waals surface area contributed by atoms with Crippen LogP contribution in [-0.2, 0) is 9.59 Å². The fourth-order valence-corrected chi connectivity index (χ4v) is 4.95. The molecule has 0 atom stereocenters. The molecule has 0 aliphatic heterocycles. The molecule has 0 spiro atoms. The van der Waals surface area contributed by atoms with Gasteiger partial charge in [-0.05, 0) is 69.6 Å². The van der Waals surface area contributed by atoms with Crippen LogP contribution in [0.15, 0.2) is 12.1 Å². The number of esters is 1. The van der Waals surface area contributed by atoms with Crippen molar-refractivity contribution in [1.29, 1.82) is 0 Å². The van der Waals surface area contributed by atoms with Gasteiger partial charge in [-0.25, -0.2) is 0 Å². The van der Waals surface area contributed by atoms with Gasteiger partial charge in [-0.15, -0.1) is 10.2 Å². The van der Waals surface area contributed by atoms with Crippen molar-refractivity contribution >= 4 is 11.8 Å². The van der Waals surface area contributed by atoms with E-state index in [1.807, 2.05) is 0 Å². The highest BCUT2D eigenvalue weighted by Gasteiger charge is 2.34. The molecule has 0 aromatic carbocycles. The summed E-state index contributed by atoms with van der Waals surface area (Å²) < 4.78 is 10.4. The summed E-state index contributed by atoms with van der Waals surface area (Å²) in [6, 6.07) is 3.24. The molecule has 1 heterocycles. The standard InChI is InChI=1S/C23H34N2O4/c1-3-4-5-20(26)18-10-6-16(7-11-18)17-8-12-19(13-9-17)23(27)29-22-15-14-21(28-2)24-25-22/h14-19H,3-13H2,1-2H3. The minimum absolute atomic E-state index is 0.0536. The highest BCUT2D eigenvalue weighted by Crippen LogP contribution is 2.42. The van der Waals surface area contributed by atoms with E-state index in [1.54, 1.807) is 12.1 Å². The summed E-state index contributed by atoms with van der Waals surface area (Å²) in [6.45, 7) is 2.14. The monoisotopic (exact) mass is 402 g/mol. The maximum absolute atomic E-state index is 12.5. The van der Waals surface area contributed by atoms with Crippen LogP contribution in [0.4, 0.5) is 0 Å². The van der Waals surface area contributed by atoms with Gasteiger partial charge in [0, 0.05) is 24.5 Å². The van der Waals surface area contributed by atoms with Crippen LogP contribution in [0, 0.1) is 23.7 Å². The number of hydrogen-bond donors (Lipinski definition) is 0. The molecular formula is C23H34N2O4. The molecular weight excluding hydrogens is 368 g/mol. The highest BCUT2D eigenvalue weighted by molar-refractivity contribution is 5.81. The predicted octanol–water partition coefficient (Wildman–Crippen LogP) is 4.76. The second kappa shape index (κ2) is 10.7. The number of Topliss-reactive ketones (excluding diaryl/α,β-unsaturated/α-hetero) is 1. The third-order valence-electron chi connectivity index (χ3n) is 6.81. The van der Waals surface area contributed by atoms with Gasteiger partial charge in [0.1, 0.15) is 5.78 Å². The number of nitrogens with zero attached hydrogens (tertiary/aromatic N) is 2. The molecule has 160 valence electrons. The molecule has 0 bridgehead atoms. The quantitative estimate of drug-likeness (QED) is 0.583.